The Morgan fingerprint density at radius 2 is 1.49 bits per heavy atom. The topological polar surface area (TPSA) is 113 Å². The van der Waals surface area contributed by atoms with Crippen LogP contribution in [0.25, 0.3) is 0 Å². The van der Waals surface area contributed by atoms with Gasteiger partial charge in [0, 0.05) is 18.8 Å². The highest BCUT2D eigenvalue weighted by molar-refractivity contribution is 7.93. The molecule has 1 saturated heterocycles. The predicted molar refractivity (Wildman–Crippen MR) is 142 cm³/mol. The molecule has 37 heavy (non-hydrogen) atoms. The maximum Gasteiger partial charge on any atom is 0.264 e. The minimum Gasteiger partial charge on any atom is -0.492 e. The third kappa shape index (κ3) is 5.95. The lowest BCUT2D eigenvalue weighted by atomic mass is 10.3. The predicted octanol–water partition coefficient (Wildman–Crippen LogP) is 3.70. The average Bonchev–Trinajstić information content (AvgIpc) is 3.45. The highest BCUT2D eigenvalue weighted by Crippen LogP contribution is 2.32. The second-order valence-corrected chi connectivity index (χ2v) is 12.2. The van der Waals surface area contributed by atoms with Crippen molar-refractivity contribution in [3.8, 4) is 5.75 Å². The van der Waals surface area contributed by atoms with Gasteiger partial charge in [0.1, 0.15) is 12.3 Å². The molecule has 0 bridgehead atoms. The normalized spacial score (nSPS) is 14.3. The summed E-state index contributed by atoms with van der Waals surface area (Å²) in [5.41, 5.74) is 0.580. The van der Waals surface area contributed by atoms with Crippen LogP contribution >= 0.6 is 0 Å². The molecule has 0 atom stereocenters. The molecule has 0 aliphatic carbocycles. The van der Waals surface area contributed by atoms with Gasteiger partial charge in [-0.1, -0.05) is 30.3 Å². The molecule has 1 aliphatic rings. The Morgan fingerprint density at radius 3 is 2.14 bits per heavy atom. The Labute approximate surface area is 217 Å². The molecule has 1 fully saturated rings. The fraction of sp³-hybridized carbons (Fsp3) is 0.269. The number of benzene rings is 3. The van der Waals surface area contributed by atoms with E-state index in [2.05, 4.69) is 5.32 Å². The Morgan fingerprint density at radius 1 is 0.865 bits per heavy atom. The molecule has 11 heteroatoms. The van der Waals surface area contributed by atoms with Crippen LogP contribution in [-0.4, -0.2) is 53.3 Å². The van der Waals surface area contributed by atoms with E-state index >= 15 is 0 Å². The monoisotopic (exact) mass is 543 g/mol. The molecular weight excluding hydrogens is 514 g/mol. The molecule has 3 aromatic rings. The van der Waals surface area contributed by atoms with Gasteiger partial charge in [0.2, 0.25) is 15.9 Å². The van der Waals surface area contributed by atoms with Crippen LogP contribution in [0.4, 0.5) is 11.4 Å². The first-order valence-electron chi connectivity index (χ1n) is 11.9. The lowest BCUT2D eigenvalue weighted by molar-refractivity contribution is -0.114. The molecule has 1 N–H and O–H groups in total. The quantitative estimate of drug-likeness (QED) is 0.417. The minimum atomic E-state index is -4.11. The van der Waals surface area contributed by atoms with Crippen molar-refractivity contribution in [1.82, 2.24) is 4.31 Å². The van der Waals surface area contributed by atoms with Crippen LogP contribution in [0.1, 0.15) is 19.8 Å². The van der Waals surface area contributed by atoms with Gasteiger partial charge in [0.25, 0.3) is 10.0 Å². The Kier molecular flexibility index (Phi) is 8.16. The molecule has 0 unspecified atom stereocenters. The number of carbonyl (C=O) groups excluding carboxylic acids is 1. The highest BCUT2D eigenvalue weighted by atomic mass is 32.2. The first kappa shape index (κ1) is 26.6. The number of hydrogen-bond donors (Lipinski definition) is 1. The maximum absolute atomic E-state index is 13.6. The summed E-state index contributed by atoms with van der Waals surface area (Å²) in [7, 11) is -7.69. The molecule has 0 saturated carbocycles. The van der Waals surface area contributed by atoms with Gasteiger partial charge in [-0.25, -0.2) is 16.8 Å². The molecule has 4 rings (SSSR count). The summed E-state index contributed by atoms with van der Waals surface area (Å²) >= 11 is 0. The van der Waals surface area contributed by atoms with Crippen molar-refractivity contribution < 1.29 is 26.4 Å². The minimum absolute atomic E-state index is 0.0329. The van der Waals surface area contributed by atoms with Gasteiger partial charge in [0.05, 0.1) is 22.1 Å². The number of para-hydroxylation sites is 2. The van der Waals surface area contributed by atoms with E-state index in [9.17, 15) is 21.6 Å². The van der Waals surface area contributed by atoms with Crippen molar-refractivity contribution in [2.24, 2.45) is 0 Å². The molecule has 0 radical (unpaired) electrons. The van der Waals surface area contributed by atoms with Crippen molar-refractivity contribution in [2.75, 3.05) is 35.9 Å². The van der Waals surface area contributed by atoms with Crippen LogP contribution in [0.5, 0.6) is 5.75 Å². The van der Waals surface area contributed by atoms with Crippen molar-refractivity contribution in [1.29, 1.82) is 0 Å². The number of hydrogen-bond acceptors (Lipinski definition) is 6. The van der Waals surface area contributed by atoms with E-state index in [1.807, 2.05) is 0 Å². The van der Waals surface area contributed by atoms with Crippen LogP contribution < -0.4 is 14.4 Å². The number of anilines is 2. The second kappa shape index (κ2) is 11.3. The number of rotatable bonds is 10. The Balaban J connectivity index is 1.58. The van der Waals surface area contributed by atoms with E-state index in [0.717, 1.165) is 17.1 Å². The van der Waals surface area contributed by atoms with Gasteiger partial charge in [-0.15, -0.1) is 0 Å². The van der Waals surface area contributed by atoms with E-state index in [4.69, 9.17) is 4.74 Å². The lowest BCUT2D eigenvalue weighted by Gasteiger charge is -2.26. The number of amides is 1. The van der Waals surface area contributed by atoms with E-state index in [-0.39, 0.29) is 15.5 Å². The summed E-state index contributed by atoms with van der Waals surface area (Å²) in [6, 6.07) is 20.3. The molecule has 196 valence electrons. The van der Waals surface area contributed by atoms with Crippen LogP contribution in [0.2, 0.25) is 0 Å². The molecule has 3 aromatic carbocycles. The third-order valence-corrected chi connectivity index (χ3v) is 9.58. The van der Waals surface area contributed by atoms with Crippen molar-refractivity contribution in [3.63, 3.8) is 0 Å². The van der Waals surface area contributed by atoms with Gasteiger partial charge < -0.3 is 10.1 Å². The largest absolute Gasteiger partial charge is 0.492 e. The fourth-order valence-electron chi connectivity index (χ4n) is 4.08. The zero-order valence-corrected chi connectivity index (χ0v) is 22.0. The Bertz CT molecular complexity index is 1440. The van der Waals surface area contributed by atoms with Crippen molar-refractivity contribution in [2.45, 2.75) is 29.6 Å². The standard InChI is InChI=1S/C26H29N3O6S2/c1-2-35-25-13-7-6-12-24(25)29(37(33,34)22-10-4-3-5-11-22)20-26(30)27-21-14-16-23(17-15-21)36(31,32)28-18-8-9-19-28/h3-7,10-17H,2,8-9,18-20H2,1H3,(H,27,30). The Hall–Kier alpha value is -3.41. The fourth-order valence-corrected chi connectivity index (χ4v) is 7.05. The number of sulfonamides is 2. The molecule has 1 heterocycles. The van der Waals surface area contributed by atoms with E-state index in [1.54, 1.807) is 49.4 Å². The van der Waals surface area contributed by atoms with Gasteiger partial charge in [-0.3, -0.25) is 9.10 Å². The first-order valence-corrected chi connectivity index (χ1v) is 14.8. The number of ether oxygens (including phenoxy) is 1. The number of carbonyl (C=O) groups is 1. The van der Waals surface area contributed by atoms with Gasteiger partial charge in [-0.05, 0) is 68.3 Å². The molecule has 0 aromatic heterocycles. The maximum atomic E-state index is 13.6. The summed E-state index contributed by atoms with van der Waals surface area (Å²) < 4.78 is 60.8. The van der Waals surface area contributed by atoms with Crippen LogP contribution in [0.15, 0.2) is 88.7 Å². The summed E-state index contributed by atoms with van der Waals surface area (Å²) in [5, 5.41) is 2.67. The summed E-state index contributed by atoms with van der Waals surface area (Å²) in [4.78, 5) is 13.2. The third-order valence-electron chi connectivity index (χ3n) is 5.89. The SMILES string of the molecule is CCOc1ccccc1N(CC(=O)Nc1ccc(S(=O)(=O)N2CCCC2)cc1)S(=O)(=O)c1ccccc1. The van der Waals surface area contributed by atoms with Crippen LogP contribution in [-0.2, 0) is 24.8 Å². The zero-order valence-electron chi connectivity index (χ0n) is 20.4. The number of nitrogens with one attached hydrogen (secondary N) is 1. The smallest absolute Gasteiger partial charge is 0.264 e. The molecule has 9 nitrogen and oxygen atoms in total. The average molecular weight is 544 g/mol. The van der Waals surface area contributed by atoms with Gasteiger partial charge >= 0.3 is 0 Å². The lowest BCUT2D eigenvalue weighted by Crippen LogP contribution is -2.38. The molecule has 0 spiro atoms. The zero-order chi connectivity index (χ0) is 26.5. The highest BCUT2D eigenvalue weighted by Gasteiger charge is 2.30. The molecule has 1 aliphatic heterocycles. The van der Waals surface area contributed by atoms with E-state index < -0.39 is 32.5 Å². The summed E-state index contributed by atoms with van der Waals surface area (Å²) in [6.07, 6.45) is 1.67. The van der Waals surface area contributed by atoms with Gasteiger partial charge in [0.15, 0.2) is 0 Å². The number of nitrogens with zero attached hydrogens (tertiary/aromatic N) is 2. The summed E-state index contributed by atoms with van der Waals surface area (Å²) in [6.45, 7) is 2.57. The van der Waals surface area contributed by atoms with Crippen molar-refractivity contribution >= 4 is 37.3 Å². The summed E-state index contributed by atoms with van der Waals surface area (Å²) in [5.74, 6) is -0.269. The molecular formula is C26H29N3O6S2. The van der Waals surface area contributed by atoms with E-state index in [0.29, 0.717) is 31.1 Å². The molecule has 1 amide bonds. The van der Waals surface area contributed by atoms with Gasteiger partial charge in [-0.2, -0.15) is 4.31 Å². The van der Waals surface area contributed by atoms with Crippen molar-refractivity contribution in [3.05, 3.63) is 78.9 Å². The van der Waals surface area contributed by atoms with Crippen LogP contribution in [0.3, 0.4) is 0 Å². The second-order valence-electron chi connectivity index (χ2n) is 8.41. The van der Waals surface area contributed by atoms with E-state index in [1.165, 1.54) is 40.7 Å². The first-order chi connectivity index (χ1) is 17.7. The van der Waals surface area contributed by atoms with Crippen LogP contribution in [0, 0.1) is 0 Å².